The Morgan fingerprint density at radius 2 is 2.07 bits per heavy atom. The van der Waals surface area contributed by atoms with Crippen LogP contribution in [0, 0.1) is 11.6 Å². The topological polar surface area (TPSA) is 35.2 Å². The van der Waals surface area contributed by atoms with Crippen LogP contribution in [-0.4, -0.2) is 13.7 Å². The van der Waals surface area contributed by atoms with E-state index >= 15 is 0 Å². The van der Waals surface area contributed by atoms with Crippen molar-refractivity contribution < 1.29 is 13.5 Å². The van der Waals surface area contributed by atoms with E-state index in [1.54, 1.807) is 7.11 Å². The van der Waals surface area contributed by atoms with Gasteiger partial charge in [0.25, 0.3) is 0 Å². The first-order chi connectivity index (χ1) is 7.19. The average molecular weight is 215 g/mol. The Bertz CT molecular complexity index is 317. The fourth-order valence-corrected chi connectivity index (χ4v) is 1.44. The molecule has 0 aliphatic rings. The third-order valence-corrected chi connectivity index (χ3v) is 2.27. The maximum absolute atomic E-state index is 12.9. The molecule has 4 heteroatoms. The number of benzene rings is 1. The van der Waals surface area contributed by atoms with Crippen LogP contribution in [0.25, 0.3) is 0 Å². The quantitative estimate of drug-likeness (QED) is 0.818. The summed E-state index contributed by atoms with van der Waals surface area (Å²) in [6.07, 6.45) is 1.28. The second-order valence-corrected chi connectivity index (χ2v) is 3.33. The molecule has 0 aliphatic heterocycles. The Balaban J connectivity index is 2.78. The van der Waals surface area contributed by atoms with Crippen molar-refractivity contribution in [2.75, 3.05) is 13.7 Å². The zero-order valence-electron chi connectivity index (χ0n) is 8.67. The molecule has 15 heavy (non-hydrogen) atoms. The summed E-state index contributed by atoms with van der Waals surface area (Å²) < 4.78 is 30.8. The molecule has 1 atom stereocenters. The molecule has 1 aromatic rings. The van der Waals surface area contributed by atoms with Crippen LogP contribution in [0.4, 0.5) is 8.78 Å². The van der Waals surface area contributed by atoms with E-state index in [-0.39, 0.29) is 6.10 Å². The van der Waals surface area contributed by atoms with Crippen molar-refractivity contribution in [3.8, 4) is 0 Å². The Kier molecular flexibility index (Phi) is 4.65. The summed E-state index contributed by atoms with van der Waals surface area (Å²) in [5.74, 6) is -1.69. The average Bonchev–Trinajstić information content (AvgIpc) is 2.24. The number of hydrogen-bond acceptors (Lipinski definition) is 2. The van der Waals surface area contributed by atoms with E-state index in [0.717, 1.165) is 12.5 Å². The molecule has 0 bridgehead atoms. The molecule has 0 spiro atoms. The van der Waals surface area contributed by atoms with Gasteiger partial charge in [-0.2, -0.15) is 0 Å². The maximum atomic E-state index is 12.9. The Morgan fingerprint density at radius 3 is 2.60 bits per heavy atom. The van der Waals surface area contributed by atoms with Crippen LogP contribution in [0.3, 0.4) is 0 Å². The highest BCUT2D eigenvalue weighted by molar-refractivity contribution is 5.20. The zero-order valence-corrected chi connectivity index (χ0v) is 8.67. The molecule has 2 N–H and O–H groups in total. The van der Waals surface area contributed by atoms with E-state index in [0.29, 0.717) is 18.5 Å². The lowest BCUT2D eigenvalue weighted by Gasteiger charge is -2.15. The number of ether oxygens (including phenoxy) is 1. The van der Waals surface area contributed by atoms with Crippen molar-refractivity contribution in [3.63, 3.8) is 0 Å². The summed E-state index contributed by atoms with van der Waals surface area (Å²) in [6.45, 7) is 0.559. The van der Waals surface area contributed by atoms with Crippen LogP contribution in [0.1, 0.15) is 24.5 Å². The Hall–Kier alpha value is -1.00. The molecule has 1 aromatic carbocycles. The highest BCUT2D eigenvalue weighted by atomic mass is 19.2. The van der Waals surface area contributed by atoms with Crippen molar-refractivity contribution >= 4 is 0 Å². The van der Waals surface area contributed by atoms with Gasteiger partial charge in [-0.15, -0.1) is 0 Å². The molecular formula is C11H15F2NO. The first kappa shape index (κ1) is 12.1. The molecule has 84 valence electrons. The van der Waals surface area contributed by atoms with Gasteiger partial charge in [0.05, 0.1) is 6.10 Å². The van der Waals surface area contributed by atoms with E-state index in [1.807, 2.05) is 0 Å². The monoisotopic (exact) mass is 215 g/mol. The lowest BCUT2D eigenvalue weighted by Crippen LogP contribution is -2.06. The summed E-state index contributed by atoms with van der Waals surface area (Å²) in [7, 11) is 1.54. The fraction of sp³-hybridized carbons (Fsp3) is 0.455. The van der Waals surface area contributed by atoms with E-state index in [4.69, 9.17) is 10.5 Å². The molecule has 0 radical (unpaired) electrons. The van der Waals surface area contributed by atoms with Gasteiger partial charge in [0.15, 0.2) is 11.6 Å². The second kappa shape index (κ2) is 5.78. The van der Waals surface area contributed by atoms with Crippen molar-refractivity contribution in [1.82, 2.24) is 0 Å². The van der Waals surface area contributed by atoms with Gasteiger partial charge >= 0.3 is 0 Å². The minimum Gasteiger partial charge on any atom is -0.377 e. The number of halogens is 2. The van der Waals surface area contributed by atoms with Gasteiger partial charge in [0, 0.05) is 7.11 Å². The molecule has 0 aliphatic carbocycles. The summed E-state index contributed by atoms with van der Waals surface area (Å²) in [6, 6.07) is 3.81. The first-order valence-corrected chi connectivity index (χ1v) is 4.87. The fourth-order valence-electron chi connectivity index (χ4n) is 1.44. The smallest absolute Gasteiger partial charge is 0.159 e. The second-order valence-electron chi connectivity index (χ2n) is 3.33. The van der Waals surface area contributed by atoms with Gasteiger partial charge in [-0.05, 0) is 37.1 Å². The normalized spacial score (nSPS) is 12.8. The zero-order chi connectivity index (χ0) is 11.3. The summed E-state index contributed by atoms with van der Waals surface area (Å²) in [5, 5.41) is 0. The van der Waals surface area contributed by atoms with Crippen molar-refractivity contribution in [2.24, 2.45) is 5.73 Å². The highest BCUT2D eigenvalue weighted by Gasteiger charge is 2.12. The van der Waals surface area contributed by atoms with Crippen LogP contribution < -0.4 is 5.73 Å². The van der Waals surface area contributed by atoms with Crippen LogP contribution >= 0.6 is 0 Å². The van der Waals surface area contributed by atoms with Gasteiger partial charge < -0.3 is 10.5 Å². The minimum atomic E-state index is -0.845. The SMILES string of the molecule is COC(CCCN)c1ccc(F)c(F)c1. The van der Waals surface area contributed by atoms with E-state index in [9.17, 15) is 8.78 Å². The van der Waals surface area contributed by atoms with Crippen LogP contribution in [0.2, 0.25) is 0 Å². The standard InChI is InChI=1S/C11H15F2NO/c1-15-11(3-2-6-14)8-4-5-9(12)10(13)7-8/h4-5,7,11H,2-3,6,14H2,1H3. The molecule has 1 rings (SSSR count). The number of rotatable bonds is 5. The predicted octanol–water partition coefficient (Wildman–Crippen LogP) is 2.39. The van der Waals surface area contributed by atoms with Crippen molar-refractivity contribution in [2.45, 2.75) is 18.9 Å². The summed E-state index contributed by atoms with van der Waals surface area (Å²) in [5.41, 5.74) is 6.02. The molecule has 0 aromatic heterocycles. The lowest BCUT2D eigenvalue weighted by molar-refractivity contribution is 0.0940. The summed E-state index contributed by atoms with van der Waals surface area (Å²) in [4.78, 5) is 0. The molecule has 0 saturated heterocycles. The number of methoxy groups -OCH3 is 1. The third-order valence-electron chi connectivity index (χ3n) is 2.27. The van der Waals surface area contributed by atoms with Crippen molar-refractivity contribution in [3.05, 3.63) is 35.4 Å². The molecule has 1 unspecified atom stereocenters. The predicted molar refractivity (Wildman–Crippen MR) is 54.4 cm³/mol. The molecule has 0 saturated carbocycles. The van der Waals surface area contributed by atoms with Crippen molar-refractivity contribution in [1.29, 1.82) is 0 Å². The third kappa shape index (κ3) is 3.25. The molecule has 0 amide bonds. The molecule has 2 nitrogen and oxygen atoms in total. The minimum absolute atomic E-state index is 0.219. The van der Waals surface area contributed by atoms with Crippen LogP contribution in [0.5, 0.6) is 0 Å². The van der Waals surface area contributed by atoms with Gasteiger partial charge in [-0.25, -0.2) is 8.78 Å². The molecule has 0 fully saturated rings. The van der Waals surface area contributed by atoms with Crippen LogP contribution in [-0.2, 0) is 4.74 Å². The van der Waals surface area contributed by atoms with Gasteiger partial charge in [0.1, 0.15) is 0 Å². The Labute approximate surface area is 88.0 Å². The van der Waals surface area contributed by atoms with E-state index < -0.39 is 11.6 Å². The lowest BCUT2D eigenvalue weighted by atomic mass is 10.0. The number of hydrogen-bond donors (Lipinski definition) is 1. The largest absolute Gasteiger partial charge is 0.377 e. The maximum Gasteiger partial charge on any atom is 0.159 e. The summed E-state index contributed by atoms with van der Waals surface area (Å²) >= 11 is 0. The Morgan fingerprint density at radius 1 is 1.33 bits per heavy atom. The van der Waals surface area contributed by atoms with Gasteiger partial charge in [-0.1, -0.05) is 6.07 Å². The van der Waals surface area contributed by atoms with E-state index in [2.05, 4.69) is 0 Å². The first-order valence-electron chi connectivity index (χ1n) is 4.87. The molecule has 0 heterocycles. The van der Waals surface area contributed by atoms with Crippen LogP contribution in [0.15, 0.2) is 18.2 Å². The molecular weight excluding hydrogens is 200 g/mol. The highest BCUT2D eigenvalue weighted by Crippen LogP contribution is 2.23. The van der Waals surface area contributed by atoms with Gasteiger partial charge in [0.2, 0.25) is 0 Å². The van der Waals surface area contributed by atoms with Gasteiger partial charge in [-0.3, -0.25) is 0 Å². The van der Waals surface area contributed by atoms with E-state index in [1.165, 1.54) is 12.1 Å². The number of nitrogens with two attached hydrogens (primary N) is 1.